The molecule has 6 heteroatoms. The number of likely N-dealkylation sites (tertiary alicyclic amines) is 1. The molecule has 0 bridgehead atoms. The van der Waals surface area contributed by atoms with Gasteiger partial charge in [-0.15, -0.1) is 0 Å². The van der Waals surface area contributed by atoms with E-state index in [-0.39, 0.29) is 5.91 Å². The van der Waals surface area contributed by atoms with Crippen LogP contribution in [0.1, 0.15) is 36.0 Å². The van der Waals surface area contributed by atoms with Gasteiger partial charge in [0.15, 0.2) is 9.84 Å². The highest BCUT2D eigenvalue weighted by Gasteiger charge is 2.32. The van der Waals surface area contributed by atoms with E-state index in [2.05, 4.69) is 4.90 Å². The highest BCUT2D eigenvalue weighted by Crippen LogP contribution is 2.22. The molecule has 0 radical (unpaired) electrons. The lowest BCUT2D eigenvalue weighted by molar-refractivity contribution is 0.0793. The molecule has 1 amide bonds. The molecular weight excluding hydrogens is 312 g/mol. The maximum Gasteiger partial charge on any atom is 0.253 e. The Bertz CT molecular complexity index is 664. The average Bonchev–Trinajstić information content (AvgIpc) is 3.05. The zero-order valence-corrected chi connectivity index (χ0v) is 14.4. The minimum atomic E-state index is -3.07. The summed E-state index contributed by atoms with van der Waals surface area (Å²) in [6.07, 6.45) is 5.53. The average molecular weight is 336 g/mol. The van der Waals surface area contributed by atoms with Gasteiger partial charge in [0.2, 0.25) is 0 Å². The summed E-state index contributed by atoms with van der Waals surface area (Å²) in [5, 5.41) is -0.418. The van der Waals surface area contributed by atoms with Gasteiger partial charge in [-0.05, 0) is 49.9 Å². The van der Waals surface area contributed by atoms with Crippen LogP contribution in [0.5, 0.6) is 0 Å². The maximum atomic E-state index is 12.5. The van der Waals surface area contributed by atoms with Crippen LogP contribution in [-0.2, 0) is 9.84 Å². The van der Waals surface area contributed by atoms with Gasteiger partial charge >= 0.3 is 0 Å². The molecule has 0 spiro atoms. The van der Waals surface area contributed by atoms with Crippen LogP contribution in [0.4, 0.5) is 5.69 Å². The first-order valence-corrected chi connectivity index (χ1v) is 10.2. The number of rotatable bonds is 3. The van der Waals surface area contributed by atoms with Gasteiger partial charge in [0.25, 0.3) is 5.91 Å². The lowest BCUT2D eigenvalue weighted by atomic mass is 10.1. The van der Waals surface area contributed by atoms with Crippen molar-refractivity contribution in [3.8, 4) is 0 Å². The number of sulfone groups is 1. The van der Waals surface area contributed by atoms with E-state index in [9.17, 15) is 13.2 Å². The van der Waals surface area contributed by atoms with Crippen molar-refractivity contribution in [2.45, 2.75) is 30.9 Å². The normalized spacial score (nSPS) is 22.4. The fourth-order valence-electron chi connectivity index (χ4n) is 3.41. The standard InChI is InChI=1S/C17H24N2O3S/c1-23(21,22)16-9-12-19(13-16)17(20)14-5-7-15(8-6-14)18-10-3-2-4-11-18/h5-8,16H,2-4,9-13H2,1H3. The number of nitrogens with zero attached hydrogens (tertiary/aromatic N) is 2. The van der Waals surface area contributed by atoms with Crippen LogP contribution in [-0.4, -0.2) is 56.9 Å². The minimum absolute atomic E-state index is 0.0682. The summed E-state index contributed by atoms with van der Waals surface area (Å²) in [5.74, 6) is -0.0682. The number of piperidine rings is 1. The molecule has 2 saturated heterocycles. The van der Waals surface area contributed by atoms with Crippen LogP contribution in [0.3, 0.4) is 0 Å². The van der Waals surface area contributed by atoms with Gasteiger partial charge in [-0.2, -0.15) is 0 Å². The Morgan fingerprint density at radius 1 is 1.04 bits per heavy atom. The molecule has 1 unspecified atom stereocenters. The van der Waals surface area contributed by atoms with Crippen molar-refractivity contribution in [2.75, 3.05) is 37.3 Å². The molecule has 126 valence electrons. The summed E-state index contributed by atoms with van der Waals surface area (Å²) in [7, 11) is -3.07. The van der Waals surface area contributed by atoms with Gasteiger partial charge in [-0.25, -0.2) is 8.42 Å². The summed E-state index contributed by atoms with van der Waals surface area (Å²) in [6.45, 7) is 2.99. The quantitative estimate of drug-likeness (QED) is 0.846. The topological polar surface area (TPSA) is 57.7 Å². The molecular formula is C17H24N2O3S. The maximum absolute atomic E-state index is 12.5. The van der Waals surface area contributed by atoms with E-state index in [4.69, 9.17) is 0 Å². The van der Waals surface area contributed by atoms with Gasteiger partial charge in [-0.3, -0.25) is 4.79 Å². The fraction of sp³-hybridized carbons (Fsp3) is 0.588. The van der Waals surface area contributed by atoms with Crippen molar-refractivity contribution in [3.05, 3.63) is 29.8 Å². The monoisotopic (exact) mass is 336 g/mol. The van der Waals surface area contributed by atoms with Crippen LogP contribution in [0.25, 0.3) is 0 Å². The van der Waals surface area contributed by atoms with Crippen molar-refractivity contribution >= 4 is 21.4 Å². The second kappa shape index (κ2) is 6.51. The van der Waals surface area contributed by atoms with Crippen molar-refractivity contribution in [1.82, 2.24) is 4.90 Å². The molecule has 2 heterocycles. The van der Waals surface area contributed by atoms with Gasteiger partial charge in [0, 0.05) is 43.7 Å². The third kappa shape index (κ3) is 3.68. The Kier molecular flexibility index (Phi) is 4.62. The van der Waals surface area contributed by atoms with Crippen molar-refractivity contribution < 1.29 is 13.2 Å². The van der Waals surface area contributed by atoms with Crippen molar-refractivity contribution in [3.63, 3.8) is 0 Å². The first-order chi connectivity index (χ1) is 10.9. The predicted molar refractivity (Wildman–Crippen MR) is 91.7 cm³/mol. The molecule has 0 aliphatic carbocycles. The molecule has 23 heavy (non-hydrogen) atoms. The Balaban J connectivity index is 1.66. The zero-order valence-electron chi connectivity index (χ0n) is 13.6. The Morgan fingerprint density at radius 3 is 2.26 bits per heavy atom. The largest absolute Gasteiger partial charge is 0.372 e. The van der Waals surface area contributed by atoms with E-state index in [1.807, 2.05) is 24.3 Å². The Labute approximate surface area is 138 Å². The summed E-state index contributed by atoms with van der Waals surface area (Å²) >= 11 is 0. The summed E-state index contributed by atoms with van der Waals surface area (Å²) in [5.41, 5.74) is 1.80. The van der Waals surface area contributed by atoms with E-state index in [0.29, 0.717) is 25.1 Å². The molecule has 2 fully saturated rings. The summed E-state index contributed by atoms with van der Waals surface area (Å²) < 4.78 is 23.2. The smallest absolute Gasteiger partial charge is 0.253 e. The first kappa shape index (κ1) is 16.3. The number of benzene rings is 1. The van der Waals surface area contributed by atoms with E-state index in [1.165, 1.54) is 25.5 Å². The highest BCUT2D eigenvalue weighted by molar-refractivity contribution is 7.91. The van der Waals surface area contributed by atoms with Gasteiger partial charge in [0.1, 0.15) is 0 Å². The molecule has 2 aliphatic heterocycles. The second-order valence-corrected chi connectivity index (χ2v) is 8.91. The fourth-order valence-corrected chi connectivity index (χ4v) is 4.40. The molecule has 1 atom stereocenters. The summed E-state index contributed by atoms with van der Waals surface area (Å²) in [4.78, 5) is 16.5. The second-order valence-electron chi connectivity index (χ2n) is 6.59. The third-order valence-corrected chi connectivity index (χ3v) is 6.47. The Hall–Kier alpha value is -1.56. The molecule has 2 aliphatic rings. The van der Waals surface area contributed by atoms with E-state index in [1.54, 1.807) is 4.90 Å². The van der Waals surface area contributed by atoms with E-state index < -0.39 is 15.1 Å². The summed E-state index contributed by atoms with van der Waals surface area (Å²) in [6, 6.07) is 7.73. The predicted octanol–water partition coefficient (Wildman–Crippen LogP) is 1.94. The molecule has 0 saturated carbocycles. The number of hydrogen-bond acceptors (Lipinski definition) is 4. The van der Waals surface area contributed by atoms with Crippen molar-refractivity contribution in [1.29, 1.82) is 0 Å². The molecule has 1 aromatic carbocycles. The number of carbonyl (C=O) groups is 1. The number of amides is 1. The van der Waals surface area contributed by atoms with E-state index in [0.717, 1.165) is 18.8 Å². The van der Waals surface area contributed by atoms with E-state index >= 15 is 0 Å². The SMILES string of the molecule is CS(=O)(=O)C1CCN(C(=O)c2ccc(N3CCCCC3)cc2)C1. The van der Waals surface area contributed by atoms with Crippen molar-refractivity contribution in [2.24, 2.45) is 0 Å². The molecule has 5 nitrogen and oxygen atoms in total. The Morgan fingerprint density at radius 2 is 1.70 bits per heavy atom. The number of carbonyl (C=O) groups excluding carboxylic acids is 1. The first-order valence-electron chi connectivity index (χ1n) is 8.28. The number of hydrogen-bond donors (Lipinski definition) is 0. The van der Waals surface area contributed by atoms with Crippen LogP contribution in [0.2, 0.25) is 0 Å². The molecule has 0 N–H and O–H groups in total. The zero-order chi connectivity index (χ0) is 16.4. The molecule has 0 aromatic heterocycles. The van der Waals surface area contributed by atoms with Crippen LogP contribution in [0.15, 0.2) is 24.3 Å². The molecule has 1 aromatic rings. The molecule has 3 rings (SSSR count). The minimum Gasteiger partial charge on any atom is -0.372 e. The third-order valence-electron chi connectivity index (χ3n) is 4.87. The number of anilines is 1. The van der Waals surface area contributed by atoms with Gasteiger partial charge < -0.3 is 9.80 Å². The van der Waals surface area contributed by atoms with Crippen LogP contribution in [0, 0.1) is 0 Å². The highest BCUT2D eigenvalue weighted by atomic mass is 32.2. The van der Waals surface area contributed by atoms with Gasteiger partial charge in [0.05, 0.1) is 5.25 Å². The van der Waals surface area contributed by atoms with Gasteiger partial charge in [-0.1, -0.05) is 0 Å². The lowest BCUT2D eigenvalue weighted by Crippen LogP contribution is -2.32. The van der Waals surface area contributed by atoms with Crippen LogP contribution >= 0.6 is 0 Å². The van der Waals surface area contributed by atoms with Crippen LogP contribution < -0.4 is 4.90 Å². The lowest BCUT2D eigenvalue weighted by Gasteiger charge is -2.29.